The summed E-state index contributed by atoms with van der Waals surface area (Å²) in [6, 6.07) is -0.355. The van der Waals surface area contributed by atoms with Gasteiger partial charge in [0.2, 0.25) is 0 Å². The quantitative estimate of drug-likeness (QED) is 0.897. The van der Waals surface area contributed by atoms with E-state index in [1.807, 2.05) is 27.7 Å². The van der Waals surface area contributed by atoms with E-state index in [0.717, 1.165) is 17.0 Å². The van der Waals surface area contributed by atoms with Crippen LogP contribution in [-0.4, -0.2) is 40.9 Å². The van der Waals surface area contributed by atoms with Crippen LogP contribution in [-0.2, 0) is 11.2 Å². The second-order valence-corrected chi connectivity index (χ2v) is 6.58. The fourth-order valence-electron chi connectivity index (χ4n) is 2.09. The van der Waals surface area contributed by atoms with Crippen LogP contribution in [0.2, 0.25) is 0 Å². The summed E-state index contributed by atoms with van der Waals surface area (Å²) in [5.74, 6) is -0.349. The number of tetrazole rings is 1. The second-order valence-electron chi connectivity index (χ2n) is 5.83. The normalized spacial score (nSPS) is 13.3. The molecule has 0 fully saturated rings. The molecule has 0 saturated carbocycles. The van der Waals surface area contributed by atoms with Crippen molar-refractivity contribution in [2.75, 3.05) is 0 Å². The number of carboxylic acids is 1. The molecule has 1 unspecified atom stereocenters. The minimum absolute atomic E-state index is 0.0464. The Morgan fingerprint density at radius 2 is 2.10 bits per heavy atom. The molecule has 0 amide bonds. The molecular formula is C12H18N6O2S. The monoisotopic (exact) mass is 310 g/mol. The van der Waals surface area contributed by atoms with E-state index in [1.54, 1.807) is 4.68 Å². The number of carbonyl (C=O) groups is 1. The lowest BCUT2D eigenvalue weighted by Crippen LogP contribution is -2.28. The van der Waals surface area contributed by atoms with Gasteiger partial charge in [-0.15, -0.1) is 10.2 Å². The number of hydrogen-bond donors (Lipinski definition) is 1. The third-order valence-electron chi connectivity index (χ3n) is 3.25. The summed E-state index contributed by atoms with van der Waals surface area (Å²) in [5, 5.41) is 25.0. The molecule has 0 aromatic carbocycles. The number of aryl methyl sites for hydroxylation is 1. The summed E-state index contributed by atoms with van der Waals surface area (Å²) in [6.07, 6.45) is 0.674. The maximum atomic E-state index is 11.2. The number of hydrogen-bond acceptors (Lipinski definition) is 7. The van der Waals surface area contributed by atoms with Crippen molar-refractivity contribution in [3.05, 3.63) is 5.69 Å². The van der Waals surface area contributed by atoms with Crippen molar-refractivity contribution in [3.63, 3.8) is 0 Å². The summed E-state index contributed by atoms with van der Waals surface area (Å²) >= 11 is 1.22. The molecule has 114 valence electrons. The van der Waals surface area contributed by atoms with Gasteiger partial charge in [0.1, 0.15) is 4.88 Å². The molecule has 9 heteroatoms. The summed E-state index contributed by atoms with van der Waals surface area (Å²) in [7, 11) is 0. The second kappa shape index (κ2) is 5.84. The fourth-order valence-corrected chi connectivity index (χ4v) is 2.82. The van der Waals surface area contributed by atoms with Gasteiger partial charge in [0.25, 0.3) is 0 Å². The first-order valence-corrected chi connectivity index (χ1v) is 7.43. The van der Waals surface area contributed by atoms with E-state index in [1.165, 1.54) is 11.5 Å². The Kier molecular flexibility index (Phi) is 4.31. The maximum absolute atomic E-state index is 11.2. The molecule has 8 nitrogen and oxygen atoms in total. The van der Waals surface area contributed by atoms with Crippen LogP contribution < -0.4 is 0 Å². The van der Waals surface area contributed by atoms with Gasteiger partial charge in [0.15, 0.2) is 5.82 Å². The Hall–Kier alpha value is -1.90. The molecule has 2 aromatic rings. The van der Waals surface area contributed by atoms with Gasteiger partial charge in [-0.2, -0.15) is 0 Å². The summed E-state index contributed by atoms with van der Waals surface area (Å²) < 4.78 is 5.52. The van der Waals surface area contributed by atoms with Crippen LogP contribution >= 0.6 is 11.5 Å². The highest BCUT2D eigenvalue weighted by Gasteiger charge is 2.33. The molecule has 0 spiro atoms. The SMILES string of the molecule is CCc1nnsc1-c1nnnn1C(CC(=O)O)C(C)(C)C. The molecular weight excluding hydrogens is 292 g/mol. The molecule has 2 rings (SSSR count). The van der Waals surface area contributed by atoms with E-state index in [4.69, 9.17) is 5.11 Å². The predicted molar refractivity (Wildman–Crippen MR) is 76.8 cm³/mol. The van der Waals surface area contributed by atoms with E-state index in [0.29, 0.717) is 5.82 Å². The van der Waals surface area contributed by atoms with E-state index in [-0.39, 0.29) is 17.9 Å². The average Bonchev–Trinajstić information content (AvgIpc) is 3.02. The zero-order valence-corrected chi connectivity index (χ0v) is 13.3. The van der Waals surface area contributed by atoms with E-state index >= 15 is 0 Å². The molecule has 1 atom stereocenters. The van der Waals surface area contributed by atoms with Crippen LogP contribution in [0, 0.1) is 5.41 Å². The van der Waals surface area contributed by atoms with Crippen LogP contribution in [0.5, 0.6) is 0 Å². The average molecular weight is 310 g/mol. The van der Waals surface area contributed by atoms with Crippen molar-refractivity contribution in [2.45, 2.75) is 46.6 Å². The molecule has 2 aromatic heterocycles. The van der Waals surface area contributed by atoms with Gasteiger partial charge in [-0.1, -0.05) is 32.2 Å². The van der Waals surface area contributed by atoms with Crippen molar-refractivity contribution >= 4 is 17.5 Å². The van der Waals surface area contributed by atoms with Gasteiger partial charge in [-0.25, -0.2) is 4.68 Å². The minimum atomic E-state index is -0.880. The standard InChI is InChI=1S/C12H18N6O2S/c1-5-7-10(21-17-13-7)11-14-15-16-18(11)8(6-9(19)20)12(2,3)4/h8H,5-6H2,1-4H3,(H,19,20). The summed E-state index contributed by atoms with van der Waals surface area (Å²) in [4.78, 5) is 12.0. The number of rotatable bonds is 5. The van der Waals surface area contributed by atoms with Gasteiger partial charge in [0.05, 0.1) is 18.2 Å². The number of carboxylic acid groups (broad SMARTS) is 1. The van der Waals surface area contributed by atoms with Crippen LogP contribution in [0.4, 0.5) is 0 Å². The fraction of sp³-hybridized carbons (Fsp3) is 0.667. The molecule has 0 aliphatic rings. The van der Waals surface area contributed by atoms with Crippen LogP contribution in [0.25, 0.3) is 10.7 Å². The van der Waals surface area contributed by atoms with Crippen molar-refractivity contribution < 1.29 is 9.90 Å². The maximum Gasteiger partial charge on any atom is 0.305 e. The van der Waals surface area contributed by atoms with Crippen molar-refractivity contribution in [3.8, 4) is 10.7 Å². The zero-order valence-electron chi connectivity index (χ0n) is 12.4. The Morgan fingerprint density at radius 3 is 2.67 bits per heavy atom. The van der Waals surface area contributed by atoms with Gasteiger partial charge in [-0.05, 0) is 33.8 Å². The Balaban J connectivity index is 2.49. The van der Waals surface area contributed by atoms with Gasteiger partial charge < -0.3 is 5.11 Å². The highest BCUT2D eigenvalue weighted by Crippen LogP contribution is 2.36. The van der Waals surface area contributed by atoms with Crippen LogP contribution in [0.1, 0.15) is 45.9 Å². The van der Waals surface area contributed by atoms with Crippen LogP contribution in [0.3, 0.4) is 0 Å². The smallest absolute Gasteiger partial charge is 0.305 e. The Labute approximate surface area is 126 Å². The first-order chi connectivity index (χ1) is 9.84. The molecule has 2 heterocycles. The van der Waals surface area contributed by atoms with Crippen molar-refractivity contribution in [2.24, 2.45) is 5.41 Å². The van der Waals surface area contributed by atoms with Gasteiger partial charge in [0, 0.05) is 0 Å². The minimum Gasteiger partial charge on any atom is -0.481 e. The van der Waals surface area contributed by atoms with Gasteiger partial charge >= 0.3 is 5.97 Å². The van der Waals surface area contributed by atoms with E-state index in [2.05, 4.69) is 25.1 Å². The molecule has 0 aliphatic heterocycles. The van der Waals surface area contributed by atoms with E-state index in [9.17, 15) is 4.79 Å². The molecule has 0 aliphatic carbocycles. The largest absolute Gasteiger partial charge is 0.481 e. The molecule has 0 saturated heterocycles. The highest BCUT2D eigenvalue weighted by atomic mass is 32.1. The lowest BCUT2D eigenvalue weighted by atomic mass is 9.85. The van der Waals surface area contributed by atoms with E-state index < -0.39 is 5.97 Å². The third-order valence-corrected chi connectivity index (χ3v) is 4.01. The molecule has 1 N–H and O–H groups in total. The predicted octanol–water partition coefficient (Wildman–Crippen LogP) is 1.82. The Bertz CT molecular complexity index is 630. The third kappa shape index (κ3) is 3.23. The summed E-state index contributed by atoms with van der Waals surface area (Å²) in [6.45, 7) is 7.89. The molecule has 0 bridgehead atoms. The number of aliphatic carboxylic acids is 1. The zero-order chi connectivity index (χ0) is 15.6. The topological polar surface area (TPSA) is 107 Å². The highest BCUT2D eigenvalue weighted by molar-refractivity contribution is 7.09. The first kappa shape index (κ1) is 15.5. The molecule has 0 radical (unpaired) electrons. The number of nitrogens with zero attached hydrogens (tertiary/aromatic N) is 6. The number of aromatic nitrogens is 6. The van der Waals surface area contributed by atoms with Gasteiger partial charge in [-0.3, -0.25) is 4.79 Å². The molecule has 21 heavy (non-hydrogen) atoms. The Morgan fingerprint density at radius 1 is 1.38 bits per heavy atom. The first-order valence-electron chi connectivity index (χ1n) is 6.65. The lowest BCUT2D eigenvalue weighted by Gasteiger charge is -2.29. The van der Waals surface area contributed by atoms with Crippen LogP contribution in [0.15, 0.2) is 0 Å². The van der Waals surface area contributed by atoms with Crippen molar-refractivity contribution in [1.29, 1.82) is 0 Å². The summed E-state index contributed by atoms with van der Waals surface area (Å²) in [5.41, 5.74) is 0.520. The lowest BCUT2D eigenvalue weighted by molar-refractivity contribution is -0.138. The van der Waals surface area contributed by atoms with Crippen molar-refractivity contribution in [1.82, 2.24) is 29.8 Å².